The van der Waals surface area contributed by atoms with Gasteiger partial charge in [0.15, 0.2) is 0 Å². The van der Waals surface area contributed by atoms with Gasteiger partial charge in [-0.05, 0) is 101 Å². The topological polar surface area (TPSA) is 6.48 Å². The molecule has 0 radical (unpaired) electrons. The summed E-state index contributed by atoms with van der Waals surface area (Å²) in [6.07, 6.45) is 2.32. The smallest absolute Gasteiger partial charge is 0.0369 e. The minimum Gasteiger partial charge on any atom is -0.372 e. The minimum atomic E-state index is 1.04. The molecule has 0 bridgehead atoms. The average molecular weight is 365 g/mol. The first-order valence-corrected chi connectivity index (χ1v) is 10.3. The van der Waals surface area contributed by atoms with E-state index in [1.54, 1.807) is 0 Å². The van der Waals surface area contributed by atoms with Crippen molar-refractivity contribution in [3.05, 3.63) is 58.7 Å². The van der Waals surface area contributed by atoms with E-state index < -0.39 is 0 Å². The molecule has 0 saturated carbocycles. The predicted octanol–water partition coefficient (Wildman–Crippen LogP) is 6.56. The highest BCUT2D eigenvalue weighted by atomic mass is 15.1. The second-order valence-corrected chi connectivity index (χ2v) is 7.21. The molecule has 2 aromatic carbocycles. The van der Waals surface area contributed by atoms with Gasteiger partial charge in [-0.1, -0.05) is 18.2 Å². The maximum atomic E-state index is 2.39. The Hall–Kier alpha value is -2.22. The van der Waals surface area contributed by atoms with Crippen LogP contribution < -0.4 is 9.80 Å². The fraction of sp³-hybridized carbons (Fsp3) is 0.440. The van der Waals surface area contributed by atoms with E-state index in [0.717, 1.165) is 26.2 Å². The third-order valence-electron chi connectivity index (χ3n) is 5.52. The van der Waals surface area contributed by atoms with Gasteiger partial charge in [-0.2, -0.15) is 0 Å². The van der Waals surface area contributed by atoms with Crippen molar-refractivity contribution in [2.24, 2.45) is 0 Å². The van der Waals surface area contributed by atoms with Crippen LogP contribution in [0, 0.1) is 13.8 Å². The van der Waals surface area contributed by atoms with Gasteiger partial charge in [0, 0.05) is 37.6 Å². The van der Waals surface area contributed by atoms with Gasteiger partial charge in [0.2, 0.25) is 0 Å². The molecule has 0 N–H and O–H groups in total. The number of rotatable bonds is 8. The van der Waals surface area contributed by atoms with E-state index in [4.69, 9.17) is 0 Å². The quantitative estimate of drug-likeness (QED) is 0.490. The zero-order valence-corrected chi connectivity index (χ0v) is 18.3. The van der Waals surface area contributed by atoms with Crippen LogP contribution in [0.1, 0.15) is 56.9 Å². The summed E-state index contributed by atoms with van der Waals surface area (Å²) < 4.78 is 0. The molecule has 0 heterocycles. The Morgan fingerprint density at radius 1 is 0.741 bits per heavy atom. The van der Waals surface area contributed by atoms with Gasteiger partial charge in [0.1, 0.15) is 0 Å². The van der Waals surface area contributed by atoms with Crippen molar-refractivity contribution >= 4 is 23.0 Å². The first-order chi connectivity index (χ1) is 12.9. The highest BCUT2D eigenvalue weighted by Gasteiger charge is 2.08. The van der Waals surface area contributed by atoms with Gasteiger partial charge in [0.25, 0.3) is 0 Å². The third kappa shape index (κ3) is 4.94. The Bertz CT molecular complexity index is 781. The van der Waals surface area contributed by atoms with Crippen molar-refractivity contribution in [1.82, 2.24) is 0 Å². The molecule has 0 spiro atoms. The fourth-order valence-electron chi connectivity index (χ4n) is 3.79. The van der Waals surface area contributed by atoms with Crippen molar-refractivity contribution in [3.63, 3.8) is 0 Å². The van der Waals surface area contributed by atoms with Crippen LogP contribution in [0.3, 0.4) is 0 Å². The monoisotopic (exact) mass is 364 g/mol. The summed E-state index contributed by atoms with van der Waals surface area (Å²) in [5.41, 5.74) is 9.24. The van der Waals surface area contributed by atoms with Crippen LogP contribution in [0.5, 0.6) is 0 Å². The van der Waals surface area contributed by atoms with Crippen LogP contribution in [0.4, 0.5) is 11.4 Å². The molecule has 0 saturated heterocycles. The van der Waals surface area contributed by atoms with Crippen LogP contribution in [0.15, 0.2) is 36.4 Å². The van der Waals surface area contributed by atoms with Crippen LogP contribution in [-0.4, -0.2) is 26.2 Å². The minimum absolute atomic E-state index is 1.04. The van der Waals surface area contributed by atoms with E-state index in [2.05, 4.69) is 101 Å². The molecule has 2 aromatic rings. The molecule has 0 atom stereocenters. The molecular formula is C25H36N2. The highest BCUT2D eigenvalue weighted by molar-refractivity contribution is 5.83. The summed E-state index contributed by atoms with van der Waals surface area (Å²) in [6.45, 7) is 19.7. The first kappa shape index (κ1) is 21.1. The normalized spacial score (nSPS) is 11.6. The number of aryl methyl sites for hydroxylation is 2. The Balaban J connectivity index is 2.32. The molecule has 0 aliphatic carbocycles. The number of hydrogen-bond donors (Lipinski definition) is 0. The number of nitrogens with zero attached hydrogens (tertiary/aromatic N) is 2. The molecule has 0 aliphatic rings. The second-order valence-electron chi connectivity index (χ2n) is 7.21. The zero-order valence-electron chi connectivity index (χ0n) is 18.3. The summed E-state index contributed by atoms with van der Waals surface area (Å²) in [4.78, 5) is 4.79. The van der Waals surface area contributed by atoms with E-state index in [-0.39, 0.29) is 0 Å². The van der Waals surface area contributed by atoms with E-state index in [9.17, 15) is 0 Å². The number of benzene rings is 2. The van der Waals surface area contributed by atoms with E-state index in [0.29, 0.717) is 0 Å². The van der Waals surface area contributed by atoms with Gasteiger partial charge in [-0.25, -0.2) is 0 Å². The summed E-state index contributed by atoms with van der Waals surface area (Å²) >= 11 is 0. The highest BCUT2D eigenvalue weighted by Crippen LogP contribution is 2.27. The van der Waals surface area contributed by atoms with E-state index >= 15 is 0 Å². The van der Waals surface area contributed by atoms with Crippen LogP contribution in [0.2, 0.25) is 0 Å². The molecule has 0 amide bonds. The van der Waals surface area contributed by atoms with Crippen LogP contribution in [-0.2, 0) is 0 Å². The molecule has 2 nitrogen and oxygen atoms in total. The summed E-state index contributed by atoms with van der Waals surface area (Å²) in [5.74, 6) is 0. The van der Waals surface area contributed by atoms with Crippen LogP contribution in [0.25, 0.3) is 11.6 Å². The SMILES string of the molecule is CCN(CC)c1ccc(C=C(C)c2ccc(N(CC)CC)cc2C)c(C)c1. The van der Waals surface area contributed by atoms with Gasteiger partial charge >= 0.3 is 0 Å². The lowest BCUT2D eigenvalue weighted by Gasteiger charge is -2.22. The van der Waals surface area contributed by atoms with Crippen molar-refractivity contribution < 1.29 is 0 Å². The van der Waals surface area contributed by atoms with E-state index in [1.165, 1.54) is 39.2 Å². The molecule has 27 heavy (non-hydrogen) atoms. The molecular weight excluding hydrogens is 328 g/mol. The van der Waals surface area contributed by atoms with Crippen molar-refractivity contribution in [2.75, 3.05) is 36.0 Å². The van der Waals surface area contributed by atoms with Crippen molar-refractivity contribution in [1.29, 1.82) is 0 Å². The molecule has 2 heteroatoms. The predicted molar refractivity (Wildman–Crippen MR) is 123 cm³/mol. The first-order valence-electron chi connectivity index (χ1n) is 10.3. The van der Waals surface area contributed by atoms with Gasteiger partial charge in [-0.3, -0.25) is 0 Å². The van der Waals surface area contributed by atoms with Gasteiger partial charge in [-0.15, -0.1) is 0 Å². The second kappa shape index (κ2) is 9.64. The molecule has 2 rings (SSSR count). The van der Waals surface area contributed by atoms with Crippen molar-refractivity contribution in [2.45, 2.75) is 48.5 Å². The molecule has 0 aliphatic heterocycles. The fourth-order valence-corrected chi connectivity index (χ4v) is 3.79. The largest absolute Gasteiger partial charge is 0.372 e. The Morgan fingerprint density at radius 2 is 1.22 bits per heavy atom. The summed E-state index contributed by atoms with van der Waals surface area (Å²) in [5, 5.41) is 0. The summed E-state index contributed by atoms with van der Waals surface area (Å²) in [7, 11) is 0. The number of hydrogen-bond acceptors (Lipinski definition) is 2. The van der Waals surface area contributed by atoms with E-state index in [1.807, 2.05) is 0 Å². The van der Waals surface area contributed by atoms with Gasteiger partial charge < -0.3 is 9.80 Å². The Morgan fingerprint density at radius 3 is 1.67 bits per heavy atom. The maximum Gasteiger partial charge on any atom is 0.0369 e. The molecule has 146 valence electrons. The van der Waals surface area contributed by atoms with Crippen LogP contribution >= 0.6 is 0 Å². The lowest BCUT2D eigenvalue weighted by Crippen LogP contribution is -2.21. The molecule has 0 fully saturated rings. The lowest BCUT2D eigenvalue weighted by molar-refractivity contribution is 0.865. The van der Waals surface area contributed by atoms with Gasteiger partial charge in [0.05, 0.1) is 0 Å². The Labute approximate surface area is 166 Å². The molecule has 0 aromatic heterocycles. The Kier molecular flexibility index (Phi) is 7.53. The zero-order chi connectivity index (χ0) is 20.0. The summed E-state index contributed by atoms with van der Waals surface area (Å²) in [6, 6.07) is 13.7. The average Bonchev–Trinajstić information content (AvgIpc) is 2.66. The number of allylic oxidation sites excluding steroid dienone is 1. The standard InChI is InChI=1S/C25H36N2/c1-8-26(9-2)23-13-12-22(19(5)17-23)16-20(6)25-15-14-24(18-21(25)7)27(10-3)11-4/h12-18H,8-11H2,1-7H3. The number of anilines is 2. The third-order valence-corrected chi connectivity index (χ3v) is 5.52. The lowest BCUT2D eigenvalue weighted by atomic mass is 9.97. The van der Waals surface area contributed by atoms with Crippen molar-refractivity contribution in [3.8, 4) is 0 Å². The maximum absolute atomic E-state index is 2.39. The molecule has 0 unspecified atom stereocenters.